The molecule has 0 aliphatic heterocycles. The quantitative estimate of drug-likeness (QED) is 0.646. The van der Waals surface area contributed by atoms with E-state index in [9.17, 15) is 13.2 Å². The maximum absolute atomic E-state index is 12.4. The summed E-state index contributed by atoms with van der Waals surface area (Å²) in [7, 11) is 0.567. The molecule has 27 heavy (non-hydrogen) atoms. The van der Waals surface area contributed by atoms with E-state index < -0.39 is 10.0 Å². The van der Waals surface area contributed by atoms with Crippen LogP contribution in [-0.4, -0.2) is 59.1 Å². The molecular formula is C19H30N2O5S. The van der Waals surface area contributed by atoms with Crippen molar-refractivity contribution in [2.75, 3.05) is 34.4 Å². The van der Waals surface area contributed by atoms with E-state index in [0.29, 0.717) is 19.3 Å². The van der Waals surface area contributed by atoms with Crippen molar-refractivity contribution >= 4 is 15.9 Å². The Morgan fingerprint density at radius 2 is 1.93 bits per heavy atom. The highest BCUT2D eigenvalue weighted by Gasteiger charge is 2.23. The summed E-state index contributed by atoms with van der Waals surface area (Å²) >= 11 is 0. The number of sulfonamides is 1. The topological polar surface area (TPSA) is 84.9 Å². The fourth-order valence-electron chi connectivity index (χ4n) is 3.07. The fraction of sp³-hybridized carbons (Fsp3) is 0.632. The van der Waals surface area contributed by atoms with E-state index in [2.05, 4.69) is 5.32 Å². The normalized spacial score (nSPS) is 15.7. The van der Waals surface area contributed by atoms with Gasteiger partial charge in [0.15, 0.2) is 0 Å². The smallest absolute Gasteiger partial charge is 0.251 e. The maximum Gasteiger partial charge on any atom is 0.251 e. The fourth-order valence-corrected chi connectivity index (χ4v) is 4.15. The lowest BCUT2D eigenvalue weighted by molar-refractivity contribution is 0.0273. The van der Waals surface area contributed by atoms with Crippen molar-refractivity contribution in [1.29, 1.82) is 0 Å². The summed E-state index contributed by atoms with van der Waals surface area (Å²) in [6.45, 7) is 1.10. The zero-order chi connectivity index (χ0) is 19.9. The van der Waals surface area contributed by atoms with Gasteiger partial charge in [0, 0.05) is 32.8 Å². The zero-order valence-electron chi connectivity index (χ0n) is 16.4. The van der Waals surface area contributed by atoms with Gasteiger partial charge in [-0.1, -0.05) is 19.3 Å². The average molecular weight is 399 g/mol. The first-order valence-corrected chi connectivity index (χ1v) is 10.8. The van der Waals surface area contributed by atoms with E-state index in [0.717, 1.165) is 23.6 Å². The highest BCUT2D eigenvalue weighted by molar-refractivity contribution is 7.89. The molecule has 2 rings (SSSR count). The molecule has 0 unspecified atom stereocenters. The number of carbonyl (C=O) groups is 1. The molecule has 1 N–H and O–H groups in total. The molecule has 152 valence electrons. The van der Waals surface area contributed by atoms with Gasteiger partial charge in [-0.05, 0) is 37.5 Å². The van der Waals surface area contributed by atoms with Crippen LogP contribution in [0.2, 0.25) is 0 Å². The van der Waals surface area contributed by atoms with Crippen LogP contribution in [0.15, 0.2) is 23.1 Å². The van der Waals surface area contributed by atoms with Crippen LogP contribution in [0.5, 0.6) is 5.75 Å². The maximum atomic E-state index is 12.4. The van der Waals surface area contributed by atoms with Gasteiger partial charge >= 0.3 is 0 Å². The summed E-state index contributed by atoms with van der Waals surface area (Å²) in [6, 6.07) is 4.40. The van der Waals surface area contributed by atoms with Crippen LogP contribution in [0, 0.1) is 0 Å². The molecule has 0 saturated heterocycles. The zero-order valence-corrected chi connectivity index (χ0v) is 17.2. The highest BCUT2D eigenvalue weighted by atomic mass is 32.2. The first-order chi connectivity index (χ1) is 12.9. The summed E-state index contributed by atoms with van der Waals surface area (Å²) in [5, 5.41) is 2.81. The van der Waals surface area contributed by atoms with Crippen LogP contribution in [-0.2, 0) is 14.8 Å². The second kappa shape index (κ2) is 10.1. The third-order valence-electron chi connectivity index (χ3n) is 4.70. The molecule has 0 heterocycles. The van der Waals surface area contributed by atoms with Gasteiger partial charge in [-0.25, -0.2) is 12.7 Å². The van der Waals surface area contributed by atoms with Crippen molar-refractivity contribution in [3.8, 4) is 5.75 Å². The molecule has 0 bridgehead atoms. The number of nitrogens with zero attached hydrogens (tertiary/aromatic N) is 1. The minimum Gasteiger partial charge on any atom is -0.495 e. The second-order valence-corrected chi connectivity index (χ2v) is 9.01. The SMILES string of the molecule is COc1ccc(C(=O)NCCCOC2CCCCC2)cc1S(=O)(=O)N(C)C. The summed E-state index contributed by atoms with van der Waals surface area (Å²) in [5.74, 6) is -0.105. The lowest BCUT2D eigenvalue weighted by Crippen LogP contribution is -2.27. The molecule has 0 radical (unpaired) electrons. The van der Waals surface area contributed by atoms with E-state index in [1.807, 2.05) is 0 Å². The van der Waals surface area contributed by atoms with E-state index in [4.69, 9.17) is 9.47 Å². The largest absolute Gasteiger partial charge is 0.495 e. The van der Waals surface area contributed by atoms with Crippen molar-refractivity contribution < 1.29 is 22.7 Å². The van der Waals surface area contributed by atoms with Crippen LogP contribution in [0.3, 0.4) is 0 Å². The summed E-state index contributed by atoms with van der Waals surface area (Å²) in [5.41, 5.74) is 0.282. The number of benzene rings is 1. The van der Waals surface area contributed by atoms with Gasteiger partial charge in [-0.2, -0.15) is 0 Å². The molecule has 1 amide bonds. The number of methoxy groups -OCH3 is 1. The molecule has 1 aliphatic rings. The van der Waals surface area contributed by atoms with Crippen molar-refractivity contribution in [2.24, 2.45) is 0 Å². The Hall–Kier alpha value is -1.64. The van der Waals surface area contributed by atoms with E-state index in [1.165, 1.54) is 52.6 Å². The number of carbonyl (C=O) groups excluding carboxylic acids is 1. The molecule has 7 nitrogen and oxygen atoms in total. The molecule has 0 atom stereocenters. The Labute approximate surface area is 162 Å². The molecule has 0 spiro atoms. The molecule has 1 fully saturated rings. The Bertz CT molecular complexity index is 728. The van der Waals surface area contributed by atoms with Crippen LogP contribution in [0.4, 0.5) is 0 Å². The van der Waals surface area contributed by atoms with Gasteiger partial charge in [-0.3, -0.25) is 4.79 Å². The van der Waals surface area contributed by atoms with Gasteiger partial charge in [0.05, 0.1) is 13.2 Å². The van der Waals surface area contributed by atoms with Crippen molar-refractivity contribution in [1.82, 2.24) is 9.62 Å². The minimum absolute atomic E-state index is 0.0247. The number of hydrogen-bond donors (Lipinski definition) is 1. The predicted octanol–water partition coefficient (Wildman–Crippen LogP) is 2.41. The number of rotatable bonds is 9. The number of nitrogens with one attached hydrogen (secondary N) is 1. The number of amides is 1. The van der Waals surface area contributed by atoms with E-state index >= 15 is 0 Å². The van der Waals surface area contributed by atoms with E-state index in [-0.39, 0.29) is 22.1 Å². The number of ether oxygens (including phenoxy) is 2. The summed E-state index contributed by atoms with van der Waals surface area (Å²) in [4.78, 5) is 12.3. The Morgan fingerprint density at radius 1 is 1.22 bits per heavy atom. The van der Waals surface area contributed by atoms with Crippen molar-refractivity contribution in [3.63, 3.8) is 0 Å². The Morgan fingerprint density at radius 3 is 2.56 bits per heavy atom. The number of hydrogen-bond acceptors (Lipinski definition) is 5. The summed E-state index contributed by atoms with van der Waals surface area (Å²) in [6.07, 6.45) is 7.09. The Balaban J connectivity index is 1.90. The summed E-state index contributed by atoms with van der Waals surface area (Å²) < 4.78 is 36.9. The third-order valence-corrected chi connectivity index (χ3v) is 6.53. The Kier molecular flexibility index (Phi) is 8.07. The van der Waals surface area contributed by atoms with Gasteiger partial charge in [0.1, 0.15) is 10.6 Å². The molecule has 1 aromatic carbocycles. The van der Waals surface area contributed by atoms with Crippen LogP contribution in [0.1, 0.15) is 48.9 Å². The predicted molar refractivity (Wildman–Crippen MR) is 104 cm³/mol. The van der Waals surface area contributed by atoms with E-state index in [1.54, 1.807) is 6.07 Å². The lowest BCUT2D eigenvalue weighted by atomic mass is 9.98. The molecule has 1 aliphatic carbocycles. The standard InChI is InChI=1S/C19H30N2O5S/c1-21(2)27(23,24)18-14-15(10-11-17(18)25-3)19(22)20-12-7-13-26-16-8-5-4-6-9-16/h10-11,14,16H,4-9,12-13H2,1-3H3,(H,20,22). The molecule has 0 aromatic heterocycles. The van der Waals surface area contributed by atoms with Gasteiger partial charge in [-0.15, -0.1) is 0 Å². The second-order valence-electron chi connectivity index (χ2n) is 6.89. The first-order valence-electron chi connectivity index (χ1n) is 9.36. The van der Waals surface area contributed by atoms with Crippen molar-refractivity contribution in [3.05, 3.63) is 23.8 Å². The third kappa shape index (κ3) is 5.92. The van der Waals surface area contributed by atoms with Gasteiger partial charge in [0.25, 0.3) is 5.91 Å². The molecule has 8 heteroatoms. The van der Waals surface area contributed by atoms with Gasteiger partial charge in [0.2, 0.25) is 10.0 Å². The molecule has 1 saturated carbocycles. The van der Waals surface area contributed by atoms with Crippen LogP contribution >= 0.6 is 0 Å². The monoisotopic (exact) mass is 398 g/mol. The van der Waals surface area contributed by atoms with Crippen LogP contribution < -0.4 is 10.1 Å². The lowest BCUT2D eigenvalue weighted by Gasteiger charge is -2.21. The minimum atomic E-state index is -3.71. The van der Waals surface area contributed by atoms with Crippen LogP contribution in [0.25, 0.3) is 0 Å². The van der Waals surface area contributed by atoms with Gasteiger partial charge < -0.3 is 14.8 Å². The average Bonchev–Trinajstić information content (AvgIpc) is 2.67. The first kappa shape index (κ1) is 21.7. The molecular weight excluding hydrogens is 368 g/mol. The molecule has 1 aromatic rings. The van der Waals surface area contributed by atoms with Crippen molar-refractivity contribution in [2.45, 2.75) is 49.5 Å². The highest BCUT2D eigenvalue weighted by Crippen LogP contribution is 2.27.